The van der Waals surface area contributed by atoms with Gasteiger partial charge in [-0.25, -0.2) is 0 Å². The third-order valence-corrected chi connectivity index (χ3v) is 4.03. The summed E-state index contributed by atoms with van der Waals surface area (Å²) in [6.07, 6.45) is 0.636. The van der Waals surface area contributed by atoms with E-state index in [2.05, 4.69) is 10.6 Å². The molecule has 0 saturated carbocycles. The maximum atomic E-state index is 12.3. The Morgan fingerprint density at radius 3 is 2.85 bits per heavy atom. The smallest absolute Gasteiger partial charge is 0.249 e. The van der Waals surface area contributed by atoms with Gasteiger partial charge in [-0.2, -0.15) is 0 Å². The Labute approximate surface area is 122 Å². The van der Waals surface area contributed by atoms with Gasteiger partial charge < -0.3 is 15.5 Å². The number of nitrogens with one attached hydrogen (secondary N) is 2. The molecular weight excluding hydrogens is 278 g/mol. The molecule has 6 heteroatoms. The molecule has 5 nitrogen and oxygen atoms in total. The van der Waals surface area contributed by atoms with E-state index in [0.29, 0.717) is 31.1 Å². The van der Waals surface area contributed by atoms with Crippen molar-refractivity contribution < 1.29 is 9.59 Å². The van der Waals surface area contributed by atoms with E-state index in [9.17, 15) is 9.59 Å². The summed E-state index contributed by atoms with van der Waals surface area (Å²) in [5, 5.41) is 6.49. The highest BCUT2D eigenvalue weighted by Gasteiger charge is 2.35. The van der Waals surface area contributed by atoms with E-state index in [-0.39, 0.29) is 17.7 Å². The van der Waals surface area contributed by atoms with Crippen LogP contribution in [0.15, 0.2) is 24.3 Å². The largest absolute Gasteiger partial charge is 0.344 e. The topological polar surface area (TPSA) is 61.4 Å². The number of hydrogen-bond acceptors (Lipinski definition) is 3. The predicted molar refractivity (Wildman–Crippen MR) is 76.7 cm³/mol. The van der Waals surface area contributed by atoms with E-state index in [4.69, 9.17) is 11.6 Å². The highest BCUT2D eigenvalue weighted by molar-refractivity contribution is 6.31. The summed E-state index contributed by atoms with van der Waals surface area (Å²) in [6.45, 7) is 2.00. The van der Waals surface area contributed by atoms with Crippen LogP contribution in [0.1, 0.15) is 6.42 Å². The molecule has 1 aromatic rings. The second-order valence-electron chi connectivity index (χ2n) is 5.17. The highest BCUT2D eigenvalue weighted by Crippen LogP contribution is 2.24. The molecule has 1 unspecified atom stereocenters. The molecular formula is C14H16ClN3O2. The molecule has 106 valence electrons. The van der Waals surface area contributed by atoms with Crippen LogP contribution in [0.25, 0.3) is 0 Å². The summed E-state index contributed by atoms with van der Waals surface area (Å²) < 4.78 is 0. The average Bonchev–Trinajstić information content (AvgIpc) is 2.69. The van der Waals surface area contributed by atoms with Crippen molar-refractivity contribution in [2.24, 2.45) is 5.92 Å². The lowest BCUT2D eigenvalue weighted by Gasteiger charge is -2.27. The fraction of sp³-hybridized carbons (Fsp3) is 0.429. The van der Waals surface area contributed by atoms with Crippen LogP contribution < -0.4 is 15.5 Å². The van der Waals surface area contributed by atoms with Gasteiger partial charge in [0.15, 0.2) is 0 Å². The van der Waals surface area contributed by atoms with Crippen molar-refractivity contribution in [1.29, 1.82) is 0 Å². The lowest BCUT2D eigenvalue weighted by molar-refractivity contribution is -0.130. The summed E-state index contributed by atoms with van der Waals surface area (Å²) in [5.74, 6) is -0.0917. The Morgan fingerprint density at radius 1 is 1.40 bits per heavy atom. The molecule has 2 saturated heterocycles. The first-order valence-corrected chi connectivity index (χ1v) is 7.11. The number of nitrogens with zero attached hydrogens (tertiary/aromatic N) is 1. The third-order valence-electron chi connectivity index (χ3n) is 3.79. The molecule has 0 spiro atoms. The fourth-order valence-corrected chi connectivity index (χ4v) is 2.66. The molecule has 2 aliphatic heterocycles. The number of anilines is 1. The van der Waals surface area contributed by atoms with Crippen LogP contribution in [0.5, 0.6) is 0 Å². The Kier molecular flexibility index (Phi) is 3.63. The Hall–Kier alpha value is -1.59. The van der Waals surface area contributed by atoms with Crippen molar-refractivity contribution in [2.75, 3.05) is 24.5 Å². The second kappa shape index (κ2) is 5.42. The minimum Gasteiger partial charge on any atom is -0.344 e. The van der Waals surface area contributed by atoms with Gasteiger partial charge in [-0.15, -0.1) is 0 Å². The van der Waals surface area contributed by atoms with E-state index in [0.717, 1.165) is 5.69 Å². The van der Waals surface area contributed by atoms with Crippen LogP contribution in [0, 0.1) is 5.92 Å². The van der Waals surface area contributed by atoms with Gasteiger partial charge in [-0.3, -0.25) is 9.59 Å². The molecule has 0 aromatic heterocycles. The molecule has 2 N–H and O–H groups in total. The molecule has 1 atom stereocenters. The van der Waals surface area contributed by atoms with E-state index >= 15 is 0 Å². The van der Waals surface area contributed by atoms with Gasteiger partial charge in [-0.05, 0) is 24.6 Å². The first kappa shape index (κ1) is 13.4. The van der Waals surface area contributed by atoms with Crippen molar-refractivity contribution in [2.45, 2.75) is 12.5 Å². The molecule has 2 aliphatic rings. The second-order valence-corrected chi connectivity index (χ2v) is 5.61. The molecule has 2 heterocycles. The summed E-state index contributed by atoms with van der Waals surface area (Å²) in [5.41, 5.74) is 0.782. The Balaban J connectivity index is 1.66. The maximum Gasteiger partial charge on any atom is 0.249 e. The Morgan fingerprint density at radius 2 is 2.20 bits per heavy atom. The zero-order valence-electron chi connectivity index (χ0n) is 10.9. The summed E-state index contributed by atoms with van der Waals surface area (Å²) in [6, 6.07) is 6.79. The zero-order valence-corrected chi connectivity index (χ0v) is 11.7. The molecule has 3 rings (SSSR count). The van der Waals surface area contributed by atoms with Crippen LogP contribution in [0.3, 0.4) is 0 Å². The molecule has 20 heavy (non-hydrogen) atoms. The first-order valence-electron chi connectivity index (χ1n) is 6.73. The van der Waals surface area contributed by atoms with E-state index < -0.39 is 6.04 Å². The van der Waals surface area contributed by atoms with Gasteiger partial charge in [-0.1, -0.05) is 17.7 Å². The van der Waals surface area contributed by atoms with Crippen molar-refractivity contribution in [1.82, 2.24) is 10.6 Å². The van der Waals surface area contributed by atoms with Gasteiger partial charge in [0.05, 0.1) is 5.92 Å². The molecule has 2 fully saturated rings. The number of halogens is 1. The standard InChI is InChI=1S/C14H16ClN3O2/c15-10-2-1-3-11(6-10)18-5-4-12(14(18)20)17-13(19)9-7-16-8-9/h1-3,6,9,12,16H,4-5,7-8H2,(H,17,19). The van der Waals surface area contributed by atoms with E-state index in [1.165, 1.54) is 0 Å². The number of carbonyl (C=O) groups excluding carboxylic acids is 2. The summed E-state index contributed by atoms with van der Waals surface area (Å²) in [7, 11) is 0. The van der Waals surface area contributed by atoms with Crippen molar-refractivity contribution in [3.05, 3.63) is 29.3 Å². The highest BCUT2D eigenvalue weighted by atomic mass is 35.5. The first-order chi connectivity index (χ1) is 9.65. The molecule has 0 radical (unpaired) electrons. The van der Waals surface area contributed by atoms with Gasteiger partial charge in [0.25, 0.3) is 0 Å². The number of benzene rings is 1. The number of carbonyl (C=O) groups is 2. The Bertz CT molecular complexity index is 545. The molecule has 0 aliphatic carbocycles. The predicted octanol–water partition coefficient (Wildman–Crippen LogP) is 0.781. The van der Waals surface area contributed by atoms with E-state index in [1.54, 1.807) is 17.0 Å². The number of rotatable bonds is 3. The average molecular weight is 294 g/mol. The van der Waals surface area contributed by atoms with Crippen molar-refractivity contribution in [3.8, 4) is 0 Å². The SMILES string of the molecule is O=C(NC1CCN(c2cccc(Cl)c2)C1=O)C1CNC1. The lowest BCUT2D eigenvalue weighted by Crippen LogP contribution is -2.54. The number of amides is 2. The van der Waals surface area contributed by atoms with Crippen LogP contribution in [0.2, 0.25) is 5.02 Å². The van der Waals surface area contributed by atoms with Gasteiger partial charge in [0, 0.05) is 30.3 Å². The summed E-state index contributed by atoms with van der Waals surface area (Å²) >= 11 is 5.95. The lowest BCUT2D eigenvalue weighted by atomic mass is 10.0. The van der Waals surface area contributed by atoms with E-state index in [1.807, 2.05) is 12.1 Å². The van der Waals surface area contributed by atoms with Gasteiger partial charge >= 0.3 is 0 Å². The van der Waals surface area contributed by atoms with Gasteiger partial charge in [0.2, 0.25) is 11.8 Å². The minimum absolute atomic E-state index is 0.00280. The normalized spacial score (nSPS) is 22.8. The third kappa shape index (κ3) is 2.51. The molecule has 1 aromatic carbocycles. The van der Waals surface area contributed by atoms with Gasteiger partial charge in [0.1, 0.15) is 6.04 Å². The van der Waals surface area contributed by atoms with Crippen LogP contribution in [-0.2, 0) is 9.59 Å². The fourth-order valence-electron chi connectivity index (χ4n) is 2.48. The minimum atomic E-state index is -0.415. The summed E-state index contributed by atoms with van der Waals surface area (Å²) in [4.78, 5) is 25.9. The molecule has 0 bridgehead atoms. The maximum absolute atomic E-state index is 12.3. The quantitative estimate of drug-likeness (QED) is 0.866. The van der Waals surface area contributed by atoms with Crippen molar-refractivity contribution in [3.63, 3.8) is 0 Å². The zero-order chi connectivity index (χ0) is 14.1. The van der Waals surface area contributed by atoms with Crippen LogP contribution in [0.4, 0.5) is 5.69 Å². The van der Waals surface area contributed by atoms with Crippen LogP contribution in [-0.4, -0.2) is 37.5 Å². The monoisotopic (exact) mass is 293 g/mol. The van der Waals surface area contributed by atoms with Crippen molar-refractivity contribution >= 4 is 29.1 Å². The van der Waals surface area contributed by atoms with Crippen LogP contribution >= 0.6 is 11.6 Å². The molecule has 2 amide bonds. The number of hydrogen-bond donors (Lipinski definition) is 2.